The highest BCUT2D eigenvalue weighted by atomic mass is 16.5. The zero-order chi connectivity index (χ0) is 24.0. The Hall–Kier alpha value is -3.37. The fourth-order valence-corrected chi connectivity index (χ4v) is 4.41. The standard InChI is InChI=1S/C25H31N7O3/c33-22(13-27-25(34)18-6-8-26-24(11-18)29-20-2-1-3-20)15-32-9-7-17-10-23(5-4-19(17)14-32)35-16-21-12-28-31-30-21/h4-6,8,10-12,20-22,33H,1-3,7,9,13-16H2,(H,26,29)(H,27,34)/t21?,22-/m0/s1. The van der Waals surface area contributed by atoms with Gasteiger partial charge in [0.15, 0.2) is 0 Å². The number of aliphatic hydroxyl groups is 1. The summed E-state index contributed by atoms with van der Waals surface area (Å²) in [7, 11) is 0. The van der Waals surface area contributed by atoms with Crippen LogP contribution in [0.3, 0.4) is 0 Å². The third-order valence-electron chi connectivity index (χ3n) is 6.63. The van der Waals surface area contributed by atoms with E-state index in [1.807, 2.05) is 6.07 Å². The van der Waals surface area contributed by atoms with Crippen LogP contribution in [-0.4, -0.2) is 71.5 Å². The Balaban J connectivity index is 1.07. The van der Waals surface area contributed by atoms with E-state index in [1.54, 1.807) is 24.5 Å². The van der Waals surface area contributed by atoms with Gasteiger partial charge in [-0.25, -0.2) is 4.98 Å². The summed E-state index contributed by atoms with van der Waals surface area (Å²) in [6.07, 6.45) is 7.06. The first-order valence-corrected chi connectivity index (χ1v) is 12.2. The van der Waals surface area contributed by atoms with Gasteiger partial charge in [0.2, 0.25) is 0 Å². The van der Waals surface area contributed by atoms with Crippen LogP contribution in [0, 0.1) is 0 Å². The molecule has 10 heteroatoms. The molecule has 3 aliphatic rings. The molecule has 184 valence electrons. The number of aromatic nitrogens is 1. The quantitative estimate of drug-likeness (QED) is 0.483. The number of anilines is 1. The summed E-state index contributed by atoms with van der Waals surface area (Å²) in [4.78, 5) is 19.1. The van der Waals surface area contributed by atoms with Gasteiger partial charge in [0.1, 0.15) is 24.2 Å². The number of benzene rings is 1. The lowest BCUT2D eigenvalue weighted by molar-refractivity contribution is 0.0841. The minimum Gasteiger partial charge on any atom is -0.491 e. The molecule has 3 N–H and O–H groups in total. The van der Waals surface area contributed by atoms with Crippen molar-refractivity contribution in [3.05, 3.63) is 53.2 Å². The van der Waals surface area contributed by atoms with Gasteiger partial charge in [0.25, 0.3) is 5.91 Å². The number of ether oxygens (including phenoxy) is 1. The molecule has 1 unspecified atom stereocenters. The number of nitrogens with zero attached hydrogens (tertiary/aromatic N) is 5. The van der Waals surface area contributed by atoms with Gasteiger partial charge >= 0.3 is 0 Å². The monoisotopic (exact) mass is 477 g/mol. The van der Waals surface area contributed by atoms with Crippen molar-refractivity contribution in [2.24, 2.45) is 15.4 Å². The van der Waals surface area contributed by atoms with Crippen molar-refractivity contribution in [3.8, 4) is 5.75 Å². The molecule has 0 saturated heterocycles. The fraction of sp³-hybridized carbons (Fsp3) is 0.480. The summed E-state index contributed by atoms with van der Waals surface area (Å²) < 4.78 is 5.83. The maximum Gasteiger partial charge on any atom is 0.251 e. The van der Waals surface area contributed by atoms with Gasteiger partial charge < -0.3 is 20.5 Å². The molecule has 5 rings (SSSR count). The predicted molar refractivity (Wildman–Crippen MR) is 132 cm³/mol. The number of fused-ring (bicyclic) bond motifs is 1. The molecule has 2 aliphatic heterocycles. The molecule has 0 bridgehead atoms. The second-order valence-electron chi connectivity index (χ2n) is 9.33. The van der Waals surface area contributed by atoms with E-state index in [9.17, 15) is 9.90 Å². The first-order chi connectivity index (χ1) is 17.1. The summed E-state index contributed by atoms with van der Waals surface area (Å²) in [6.45, 7) is 2.71. The van der Waals surface area contributed by atoms with E-state index in [1.165, 1.54) is 17.5 Å². The van der Waals surface area contributed by atoms with Crippen LogP contribution in [-0.2, 0) is 13.0 Å². The van der Waals surface area contributed by atoms with Crippen molar-refractivity contribution >= 4 is 17.9 Å². The van der Waals surface area contributed by atoms with Crippen LogP contribution in [0.1, 0.15) is 40.7 Å². The zero-order valence-electron chi connectivity index (χ0n) is 19.6. The molecule has 2 aromatic rings. The third kappa shape index (κ3) is 6.20. The number of aliphatic hydroxyl groups excluding tert-OH is 1. The van der Waals surface area contributed by atoms with Crippen LogP contribution in [0.15, 0.2) is 52.0 Å². The van der Waals surface area contributed by atoms with Gasteiger partial charge in [-0.2, -0.15) is 5.11 Å². The molecule has 2 atom stereocenters. The number of nitrogens with one attached hydrogen (secondary N) is 2. The van der Waals surface area contributed by atoms with Crippen molar-refractivity contribution in [1.82, 2.24) is 15.2 Å². The smallest absolute Gasteiger partial charge is 0.251 e. The molecule has 1 fully saturated rings. The van der Waals surface area contributed by atoms with Crippen molar-refractivity contribution in [3.63, 3.8) is 0 Å². The summed E-state index contributed by atoms with van der Waals surface area (Å²) in [6, 6.07) is 9.92. The van der Waals surface area contributed by atoms with E-state index < -0.39 is 6.10 Å². The lowest BCUT2D eigenvalue weighted by atomic mass is 9.93. The number of carbonyl (C=O) groups excluding carboxylic acids is 1. The van der Waals surface area contributed by atoms with Crippen molar-refractivity contribution in [2.45, 2.75) is 50.4 Å². The summed E-state index contributed by atoms with van der Waals surface area (Å²) in [5.41, 5.74) is 3.03. The van der Waals surface area contributed by atoms with Crippen LogP contribution in [0.2, 0.25) is 0 Å². The molecule has 0 radical (unpaired) electrons. The molecule has 1 aliphatic carbocycles. The van der Waals surface area contributed by atoms with E-state index >= 15 is 0 Å². The number of rotatable bonds is 10. The molecule has 1 aromatic carbocycles. The first kappa shape index (κ1) is 23.4. The van der Waals surface area contributed by atoms with Gasteiger partial charge in [-0.3, -0.25) is 9.69 Å². The van der Waals surface area contributed by atoms with Gasteiger partial charge in [-0.1, -0.05) is 6.07 Å². The molecule has 3 heterocycles. The average Bonchev–Trinajstić information content (AvgIpc) is 3.37. The topological polar surface area (TPSA) is 124 Å². The van der Waals surface area contributed by atoms with Crippen molar-refractivity contribution in [1.29, 1.82) is 0 Å². The van der Waals surface area contributed by atoms with E-state index in [-0.39, 0.29) is 18.5 Å². The lowest BCUT2D eigenvalue weighted by Gasteiger charge is -2.30. The van der Waals surface area contributed by atoms with Crippen LogP contribution in [0.25, 0.3) is 0 Å². The number of pyridine rings is 1. The Bertz CT molecular complexity index is 1090. The first-order valence-electron chi connectivity index (χ1n) is 12.2. The zero-order valence-corrected chi connectivity index (χ0v) is 19.6. The Morgan fingerprint density at radius 1 is 1.23 bits per heavy atom. The normalized spacial score (nSPS) is 20.2. The maximum absolute atomic E-state index is 12.6. The van der Waals surface area contributed by atoms with E-state index in [4.69, 9.17) is 4.74 Å². The van der Waals surface area contributed by atoms with Gasteiger partial charge in [-0.15, -0.1) is 5.10 Å². The minimum atomic E-state index is -0.653. The van der Waals surface area contributed by atoms with Gasteiger partial charge in [0, 0.05) is 44.0 Å². The number of hydrogen-bond donors (Lipinski definition) is 3. The molecule has 1 saturated carbocycles. The van der Waals surface area contributed by atoms with Crippen LogP contribution >= 0.6 is 0 Å². The number of β-amino-alcohol motifs (C(OH)–C–C–N with tert-alkyl or cyclic N) is 1. The molecular weight excluding hydrogens is 446 g/mol. The molecule has 0 spiro atoms. The number of hydrogen-bond acceptors (Lipinski definition) is 9. The molecule has 35 heavy (non-hydrogen) atoms. The van der Waals surface area contributed by atoms with Crippen LogP contribution in [0.4, 0.5) is 5.82 Å². The second-order valence-corrected chi connectivity index (χ2v) is 9.33. The predicted octanol–water partition coefficient (Wildman–Crippen LogP) is 2.39. The average molecular weight is 478 g/mol. The Morgan fingerprint density at radius 3 is 2.94 bits per heavy atom. The summed E-state index contributed by atoms with van der Waals surface area (Å²) in [5, 5.41) is 28.0. The molecule has 10 nitrogen and oxygen atoms in total. The third-order valence-corrected chi connectivity index (χ3v) is 6.63. The highest BCUT2D eigenvalue weighted by Gasteiger charge is 2.21. The fourth-order valence-electron chi connectivity index (χ4n) is 4.41. The largest absolute Gasteiger partial charge is 0.491 e. The lowest BCUT2D eigenvalue weighted by Crippen LogP contribution is -2.42. The molecule has 1 aromatic heterocycles. The molecular formula is C25H31N7O3. The Labute approximate surface area is 204 Å². The van der Waals surface area contributed by atoms with E-state index in [0.717, 1.165) is 43.9 Å². The van der Waals surface area contributed by atoms with E-state index in [2.05, 4.69) is 48.1 Å². The SMILES string of the molecule is O=C(NC[C@H](O)CN1CCc2cc(OCC3C=NN=N3)ccc2C1)c1ccnc(NC2CCC2)c1. The summed E-state index contributed by atoms with van der Waals surface area (Å²) in [5.74, 6) is 1.34. The number of carbonyl (C=O) groups is 1. The Morgan fingerprint density at radius 2 is 2.14 bits per heavy atom. The highest BCUT2D eigenvalue weighted by Crippen LogP contribution is 2.25. The van der Waals surface area contributed by atoms with Gasteiger partial charge in [0.05, 0.1) is 12.3 Å². The van der Waals surface area contributed by atoms with Crippen molar-refractivity contribution in [2.75, 3.05) is 31.6 Å². The highest BCUT2D eigenvalue weighted by molar-refractivity contribution is 5.94. The minimum absolute atomic E-state index is 0.117. The van der Waals surface area contributed by atoms with Gasteiger partial charge in [-0.05, 0) is 66.3 Å². The Kier molecular flexibility index (Phi) is 7.29. The van der Waals surface area contributed by atoms with Crippen molar-refractivity contribution < 1.29 is 14.6 Å². The number of amides is 1. The molecule has 1 amide bonds. The second kappa shape index (κ2) is 10.9. The van der Waals surface area contributed by atoms with Crippen LogP contribution in [0.5, 0.6) is 5.75 Å². The van der Waals surface area contributed by atoms with E-state index in [0.29, 0.717) is 24.8 Å². The maximum atomic E-state index is 12.6. The van der Waals surface area contributed by atoms with Crippen LogP contribution < -0.4 is 15.4 Å². The summed E-state index contributed by atoms with van der Waals surface area (Å²) >= 11 is 0.